The van der Waals surface area contributed by atoms with Crippen LogP contribution >= 0.6 is 12.4 Å². The van der Waals surface area contributed by atoms with Crippen molar-refractivity contribution in [1.82, 2.24) is 4.90 Å². The van der Waals surface area contributed by atoms with E-state index in [9.17, 15) is 0 Å². The number of likely N-dealkylation sites (tertiary alicyclic amines) is 1. The van der Waals surface area contributed by atoms with Crippen LogP contribution in [-0.4, -0.2) is 36.1 Å². The van der Waals surface area contributed by atoms with Gasteiger partial charge >= 0.3 is 0 Å². The van der Waals surface area contributed by atoms with E-state index >= 15 is 0 Å². The molecule has 2 heterocycles. The molecule has 1 aliphatic carbocycles. The topological polar surface area (TPSA) is 6.48 Å². The number of piperidine rings is 1. The zero-order valence-electron chi connectivity index (χ0n) is 16.0. The van der Waals surface area contributed by atoms with Crippen molar-refractivity contribution in [3.8, 4) is 0 Å². The molecule has 3 heteroatoms. The van der Waals surface area contributed by atoms with Crippen LogP contribution < -0.4 is 4.90 Å². The Hall–Kier alpha value is -0.730. The highest BCUT2D eigenvalue weighted by atomic mass is 35.5. The van der Waals surface area contributed by atoms with Gasteiger partial charge in [0.25, 0.3) is 0 Å². The van der Waals surface area contributed by atoms with Crippen LogP contribution in [-0.2, 0) is 0 Å². The summed E-state index contributed by atoms with van der Waals surface area (Å²) in [7, 11) is 0. The minimum atomic E-state index is 0. The maximum Gasteiger partial charge on any atom is 0.0443 e. The summed E-state index contributed by atoms with van der Waals surface area (Å²) in [5.74, 6) is 1.86. The summed E-state index contributed by atoms with van der Waals surface area (Å²) in [4.78, 5) is 5.53. The molecule has 1 saturated carbocycles. The van der Waals surface area contributed by atoms with E-state index in [0.717, 1.165) is 17.9 Å². The van der Waals surface area contributed by atoms with Gasteiger partial charge in [0.05, 0.1) is 0 Å². The van der Waals surface area contributed by atoms with Gasteiger partial charge in [-0.15, -0.1) is 12.4 Å². The van der Waals surface area contributed by atoms with Gasteiger partial charge in [-0.25, -0.2) is 0 Å². The van der Waals surface area contributed by atoms with Crippen molar-refractivity contribution in [1.29, 1.82) is 0 Å². The van der Waals surface area contributed by atoms with Crippen molar-refractivity contribution in [3.63, 3.8) is 0 Å². The first-order valence-electron chi connectivity index (χ1n) is 10.2. The second kappa shape index (κ2) is 7.88. The summed E-state index contributed by atoms with van der Waals surface area (Å²) >= 11 is 0. The Morgan fingerprint density at radius 2 is 1.48 bits per heavy atom. The van der Waals surface area contributed by atoms with Crippen molar-refractivity contribution < 1.29 is 0 Å². The third-order valence-corrected chi connectivity index (χ3v) is 7.37. The van der Waals surface area contributed by atoms with Crippen LogP contribution in [0.3, 0.4) is 0 Å². The molecule has 1 aromatic rings. The fourth-order valence-corrected chi connectivity index (χ4v) is 5.51. The molecule has 0 radical (unpaired) electrons. The average Bonchev–Trinajstić information content (AvgIpc) is 2.62. The summed E-state index contributed by atoms with van der Waals surface area (Å²) in [6.45, 7) is 8.71. The normalized spacial score (nSPS) is 29.3. The highest BCUT2D eigenvalue weighted by molar-refractivity contribution is 5.85. The second-order valence-corrected chi connectivity index (χ2v) is 8.81. The van der Waals surface area contributed by atoms with Crippen molar-refractivity contribution >= 4 is 18.1 Å². The molecule has 1 spiro atoms. The fraction of sp³-hybridized carbons (Fsp3) is 0.727. The zero-order chi connectivity index (χ0) is 16.6. The Balaban J connectivity index is 0.00000182. The SMILES string of the molecule is CC(C)C1CCC(N2CCC3(CC2)CCN3c2ccccc2)CC1.Cl. The first-order chi connectivity index (χ1) is 11.7. The Morgan fingerprint density at radius 3 is 2.00 bits per heavy atom. The van der Waals surface area contributed by atoms with Gasteiger partial charge in [0.2, 0.25) is 0 Å². The molecule has 0 aromatic heterocycles. The van der Waals surface area contributed by atoms with Gasteiger partial charge in [-0.2, -0.15) is 0 Å². The lowest BCUT2D eigenvalue weighted by Gasteiger charge is -2.58. The van der Waals surface area contributed by atoms with Gasteiger partial charge in [0.1, 0.15) is 0 Å². The molecule has 0 bridgehead atoms. The molecule has 0 atom stereocenters. The van der Waals surface area contributed by atoms with E-state index in [1.807, 2.05) is 0 Å². The summed E-state index contributed by atoms with van der Waals surface area (Å²) in [6.07, 6.45) is 9.94. The monoisotopic (exact) mass is 362 g/mol. The molecule has 0 amide bonds. The van der Waals surface area contributed by atoms with Crippen LogP contribution in [0.15, 0.2) is 30.3 Å². The van der Waals surface area contributed by atoms with Gasteiger partial charge in [0, 0.05) is 36.9 Å². The molecule has 2 nitrogen and oxygen atoms in total. The van der Waals surface area contributed by atoms with Crippen LogP contribution in [0.2, 0.25) is 0 Å². The number of nitrogens with zero attached hydrogens (tertiary/aromatic N) is 2. The number of halogens is 1. The summed E-state index contributed by atoms with van der Waals surface area (Å²) in [5, 5.41) is 0. The molecular weight excluding hydrogens is 328 g/mol. The first-order valence-corrected chi connectivity index (χ1v) is 10.2. The third-order valence-electron chi connectivity index (χ3n) is 7.37. The number of anilines is 1. The van der Waals surface area contributed by atoms with Crippen molar-refractivity contribution in [2.45, 2.75) is 70.4 Å². The van der Waals surface area contributed by atoms with E-state index < -0.39 is 0 Å². The molecule has 25 heavy (non-hydrogen) atoms. The largest absolute Gasteiger partial charge is 0.366 e. The van der Waals surface area contributed by atoms with Crippen molar-refractivity contribution in [3.05, 3.63) is 30.3 Å². The minimum absolute atomic E-state index is 0. The van der Waals surface area contributed by atoms with Crippen LogP contribution in [0.25, 0.3) is 0 Å². The van der Waals surface area contributed by atoms with Gasteiger partial charge in [0.15, 0.2) is 0 Å². The first kappa shape index (κ1) is 19.0. The number of hydrogen-bond donors (Lipinski definition) is 0. The van der Waals surface area contributed by atoms with E-state index in [1.54, 1.807) is 0 Å². The van der Waals surface area contributed by atoms with Crippen molar-refractivity contribution in [2.75, 3.05) is 24.5 Å². The Morgan fingerprint density at radius 1 is 0.880 bits per heavy atom. The summed E-state index contributed by atoms with van der Waals surface area (Å²) in [6, 6.07) is 12.0. The standard InChI is InChI=1S/C22H34N2.ClH/c1-18(2)19-8-10-20(11-9-19)23-15-12-22(13-16-23)14-17-24(22)21-6-4-3-5-7-21;/h3-7,18-20H,8-17H2,1-2H3;1H. The van der Waals surface area contributed by atoms with E-state index in [-0.39, 0.29) is 12.4 Å². The predicted octanol–water partition coefficient (Wildman–Crippen LogP) is 5.37. The van der Waals surface area contributed by atoms with E-state index in [4.69, 9.17) is 0 Å². The molecule has 0 N–H and O–H groups in total. The van der Waals surface area contributed by atoms with Crippen LogP contribution in [0.5, 0.6) is 0 Å². The zero-order valence-corrected chi connectivity index (χ0v) is 16.8. The molecule has 3 fully saturated rings. The Bertz CT molecular complexity index is 528. The quantitative estimate of drug-likeness (QED) is 0.713. The average molecular weight is 363 g/mol. The van der Waals surface area contributed by atoms with Gasteiger partial charge in [-0.05, 0) is 68.9 Å². The number of hydrogen-bond acceptors (Lipinski definition) is 2. The number of para-hydroxylation sites is 1. The molecule has 3 aliphatic rings. The van der Waals surface area contributed by atoms with Gasteiger partial charge < -0.3 is 9.80 Å². The number of benzene rings is 1. The molecule has 2 aliphatic heterocycles. The van der Waals surface area contributed by atoms with E-state index in [0.29, 0.717) is 5.54 Å². The predicted molar refractivity (Wildman–Crippen MR) is 110 cm³/mol. The lowest BCUT2D eigenvalue weighted by Crippen LogP contribution is -2.65. The van der Waals surface area contributed by atoms with Crippen LogP contribution in [0, 0.1) is 11.8 Å². The lowest BCUT2D eigenvalue weighted by atomic mass is 9.74. The summed E-state index contributed by atoms with van der Waals surface area (Å²) < 4.78 is 0. The van der Waals surface area contributed by atoms with Crippen LogP contribution in [0.1, 0.15) is 58.8 Å². The highest BCUT2D eigenvalue weighted by Gasteiger charge is 2.47. The minimum Gasteiger partial charge on any atom is -0.366 e. The molecule has 2 saturated heterocycles. The fourth-order valence-electron chi connectivity index (χ4n) is 5.51. The van der Waals surface area contributed by atoms with Gasteiger partial charge in [-0.3, -0.25) is 0 Å². The van der Waals surface area contributed by atoms with E-state index in [1.165, 1.54) is 70.3 Å². The molecule has 1 aromatic carbocycles. The maximum absolute atomic E-state index is 2.84. The summed E-state index contributed by atoms with van der Waals surface area (Å²) in [5.41, 5.74) is 1.92. The Labute approximate surface area is 160 Å². The molecule has 0 unspecified atom stereocenters. The second-order valence-electron chi connectivity index (χ2n) is 8.81. The lowest BCUT2D eigenvalue weighted by molar-refractivity contribution is 0.0580. The van der Waals surface area contributed by atoms with Gasteiger partial charge in [-0.1, -0.05) is 32.0 Å². The number of rotatable bonds is 3. The molecule has 140 valence electrons. The van der Waals surface area contributed by atoms with Crippen LogP contribution in [0.4, 0.5) is 5.69 Å². The third kappa shape index (κ3) is 3.71. The van der Waals surface area contributed by atoms with Crippen molar-refractivity contribution in [2.24, 2.45) is 11.8 Å². The maximum atomic E-state index is 2.84. The highest BCUT2D eigenvalue weighted by Crippen LogP contribution is 2.44. The molecular formula is C22H35ClN2. The smallest absolute Gasteiger partial charge is 0.0443 e. The van der Waals surface area contributed by atoms with E-state index in [2.05, 4.69) is 54.0 Å². The molecule has 4 rings (SSSR count). The Kier molecular flexibility index (Phi) is 6.00.